The molecule has 1 saturated heterocycles. The first-order chi connectivity index (χ1) is 11.3. The zero-order valence-electron chi connectivity index (χ0n) is 13.6. The number of ether oxygens (including phenoxy) is 1. The van der Waals surface area contributed by atoms with Gasteiger partial charge in [-0.25, -0.2) is 0 Å². The van der Waals surface area contributed by atoms with Crippen LogP contribution in [-0.4, -0.2) is 49.7 Å². The summed E-state index contributed by atoms with van der Waals surface area (Å²) < 4.78 is 5.17. The maximum Gasteiger partial charge on any atom is 0.118 e. The highest BCUT2D eigenvalue weighted by molar-refractivity contribution is 5.50. The molecule has 0 saturated carbocycles. The van der Waals surface area contributed by atoms with Crippen LogP contribution in [0.3, 0.4) is 0 Å². The van der Waals surface area contributed by atoms with E-state index in [2.05, 4.69) is 45.1 Å². The molecule has 0 unspecified atom stereocenters. The summed E-state index contributed by atoms with van der Waals surface area (Å²) in [7, 11) is 1.69. The summed E-state index contributed by atoms with van der Waals surface area (Å²) in [6, 6.07) is 12.3. The zero-order valence-corrected chi connectivity index (χ0v) is 13.6. The van der Waals surface area contributed by atoms with Crippen molar-refractivity contribution in [3.63, 3.8) is 0 Å². The Labute approximate surface area is 138 Å². The molecule has 120 valence electrons. The van der Waals surface area contributed by atoms with E-state index in [1.54, 1.807) is 7.11 Å². The Morgan fingerprint density at radius 3 is 2.52 bits per heavy atom. The number of piperazine rings is 1. The third-order valence-electron chi connectivity index (χ3n) is 4.17. The summed E-state index contributed by atoms with van der Waals surface area (Å²) in [4.78, 5) is 9.08. The Morgan fingerprint density at radius 1 is 1.09 bits per heavy atom. The van der Waals surface area contributed by atoms with Crippen LogP contribution in [0.4, 0.5) is 5.69 Å². The summed E-state index contributed by atoms with van der Waals surface area (Å²) in [5.74, 6) is 0.897. The van der Waals surface area contributed by atoms with Gasteiger partial charge in [0.25, 0.3) is 0 Å². The number of methoxy groups -OCH3 is 1. The Morgan fingerprint density at radius 2 is 1.87 bits per heavy atom. The molecule has 1 aromatic carbocycles. The molecule has 3 rings (SSSR count). The molecular formula is C19H23N3O. The maximum absolute atomic E-state index is 5.17. The van der Waals surface area contributed by atoms with Crippen LogP contribution in [0.15, 0.2) is 54.9 Å². The molecule has 1 aromatic heterocycles. The number of hydrogen-bond donors (Lipinski definition) is 0. The van der Waals surface area contributed by atoms with Crippen molar-refractivity contribution in [1.29, 1.82) is 0 Å². The number of aromatic nitrogens is 1. The van der Waals surface area contributed by atoms with E-state index in [0.717, 1.165) is 38.5 Å². The Bertz CT molecular complexity index is 617. The summed E-state index contributed by atoms with van der Waals surface area (Å²) in [6.07, 6.45) is 8.18. The van der Waals surface area contributed by atoms with Crippen LogP contribution in [-0.2, 0) is 0 Å². The van der Waals surface area contributed by atoms with E-state index in [1.165, 1.54) is 11.3 Å². The van der Waals surface area contributed by atoms with Crippen molar-refractivity contribution in [2.24, 2.45) is 0 Å². The molecular weight excluding hydrogens is 286 g/mol. The van der Waals surface area contributed by atoms with Crippen molar-refractivity contribution in [2.45, 2.75) is 0 Å². The van der Waals surface area contributed by atoms with Crippen LogP contribution < -0.4 is 9.64 Å². The molecule has 0 amide bonds. The molecule has 0 radical (unpaired) electrons. The van der Waals surface area contributed by atoms with Crippen LogP contribution in [0.25, 0.3) is 6.08 Å². The number of nitrogens with zero attached hydrogens (tertiary/aromatic N) is 3. The first-order valence-corrected chi connectivity index (χ1v) is 8.03. The van der Waals surface area contributed by atoms with Crippen molar-refractivity contribution in [2.75, 3.05) is 44.7 Å². The van der Waals surface area contributed by atoms with Gasteiger partial charge >= 0.3 is 0 Å². The van der Waals surface area contributed by atoms with E-state index in [-0.39, 0.29) is 0 Å². The second-order valence-electron chi connectivity index (χ2n) is 5.67. The first-order valence-electron chi connectivity index (χ1n) is 8.03. The standard InChI is InChI=1S/C19H23N3O/c1-23-19-8-6-17(7-9-19)4-3-11-21-12-14-22(15-13-21)18-5-2-10-20-16-18/h2-10,16H,11-15H2,1H3. The molecule has 2 heterocycles. The van der Waals surface area contributed by atoms with Crippen molar-refractivity contribution in [3.05, 3.63) is 60.4 Å². The minimum absolute atomic E-state index is 0.897. The van der Waals surface area contributed by atoms with E-state index in [1.807, 2.05) is 30.6 Å². The molecule has 1 fully saturated rings. The smallest absolute Gasteiger partial charge is 0.118 e. The quantitative estimate of drug-likeness (QED) is 0.849. The fourth-order valence-electron chi connectivity index (χ4n) is 2.78. The van der Waals surface area contributed by atoms with Crippen molar-refractivity contribution in [1.82, 2.24) is 9.88 Å². The molecule has 0 N–H and O–H groups in total. The molecule has 1 aliphatic heterocycles. The number of hydrogen-bond acceptors (Lipinski definition) is 4. The zero-order chi connectivity index (χ0) is 15.9. The lowest BCUT2D eigenvalue weighted by Gasteiger charge is -2.35. The molecule has 0 bridgehead atoms. The van der Waals surface area contributed by atoms with Crippen LogP contribution in [0.1, 0.15) is 5.56 Å². The Hall–Kier alpha value is -2.33. The van der Waals surface area contributed by atoms with Gasteiger partial charge in [0.15, 0.2) is 0 Å². The highest BCUT2D eigenvalue weighted by atomic mass is 16.5. The van der Waals surface area contributed by atoms with Crippen molar-refractivity contribution in [3.8, 4) is 5.75 Å². The van der Waals surface area contributed by atoms with E-state index < -0.39 is 0 Å². The van der Waals surface area contributed by atoms with Gasteiger partial charge in [0.05, 0.1) is 19.0 Å². The molecule has 23 heavy (non-hydrogen) atoms. The number of anilines is 1. The van der Waals surface area contributed by atoms with E-state index in [9.17, 15) is 0 Å². The van der Waals surface area contributed by atoms with Crippen molar-refractivity contribution >= 4 is 11.8 Å². The van der Waals surface area contributed by atoms with Crippen molar-refractivity contribution < 1.29 is 4.74 Å². The van der Waals surface area contributed by atoms with Gasteiger partial charge in [0, 0.05) is 38.9 Å². The predicted octanol–water partition coefficient (Wildman–Crippen LogP) is 2.93. The highest BCUT2D eigenvalue weighted by Crippen LogP contribution is 2.15. The number of benzene rings is 1. The molecule has 1 aliphatic rings. The van der Waals surface area contributed by atoms with E-state index in [4.69, 9.17) is 4.74 Å². The lowest BCUT2D eigenvalue weighted by atomic mass is 10.2. The van der Waals surface area contributed by atoms with Crippen LogP contribution in [0.2, 0.25) is 0 Å². The summed E-state index contributed by atoms with van der Waals surface area (Å²) in [6.45, 7) is 5.28. The topological polar surface area (TPSA) is 28.6 Å². The van der Waals surface area contributed by atoms with E-state index in [0.29, 0.717) is 0 Å². The van der Waals surface area contributed by atoms with Gasteiger partial charge in [0.2, 0.25) is 0 Å². The maximum atomic E-state index is 5.17. The number of rotatable bonds is 5. The lowest BCUT2D eigenvalue weighted by Crippen LogP contribution is -2.46. The SMILES string of the molecule is COc1ccc(C=CCN2CCN(c3cccnc3)CC2)cc1. The van der Waals surface area contributed by atoms with E-state index >= 15 is 0 Å². The van der Waals surface area contributed by atoms with Gasteiger partial charge in [-0.15, -0.1) is 0 Å². The second-order valence-corrected chi connectivity index (χ2v) is 5.67. The van der Waals surface area contributed by atoms with Gasteiger partial charge < -0.3 is 9.64 Å². The second kappa shape index (κ2) is 7.79. The minimum atomic E-state index is 0.897. The largest absolute Gasteiger partial charge is 0.497 e. The third-order valence-corrected chi connectivity index (χ3v) is 4.17. The Balaban J connectivity index is 1.46. The fraction of sp³-hybridized carbons (Fsp3) is 0.316. The van der Waals surface area contributed by atoms with Crippen LogP contribution in [0, 0.1) is 0 Å². The highest BCUT2D eigenvalue weighted by Gasteiger charge is 2.15. The third kappa shape index (κ3) is 4.33. The van der Waals surface area contributed by atoms with Gasteiger partial charge in [-0.3, -0.25) is 9.88 Å². The summed E-state index contributed by atoms with van der Waals surface area (Å²) >= 11 is 0. The predicted molar refractivity (Wildman–Crippen MR) is 94.9 cm³/mol. The molecule has 0 spiro atoms. The fourth-order valence-corrected chi connectivity index (χ4v) is 2.78. The summed E-state index contributed by atoms with van der Waals surface area (Å²) in [5.41, 5.74) is 2.43. The van der Waals surface area contributed by atoms with Gasteiger partial charge in [0.1, 0.15) is 5.75 Å². The number of pyridine rings is 1. The molecule has 0 atom stereocenters. The van der Waals surface area contributed by atoms with Gasteiger partial charge in [-0.2, -0.15) is 0 Å². The average molecular weight is 309 g/mol. The molecule has 4 nitrogen and oxygen atoms in total. The molecule has 0 aliphatic carbocycles. The van der Waals surface area contributed by atoms with Crippen LogP contribution in [0.5, 0.6) is 5.75 Å². The van der Waals surface area contributed by atoms with Gasteiger partial charge in [-0.05, 0) is 29.8 Å². The minimum Gasteiger partial charge on any atom is -0.497 e. The summed E-state index contributed by atoms with van der Waals surface area (Å²) in [5, 5.41) is 0. The van der Waals surface area contributed by atoms with Crippen LogP contribution >= 0.6 is 0 Å². The van der Waals surface area contributed by atoms with Gasteiger partial charge in [-0.1, -0.05) is 24.3 Å². The molecule has 2 aromatic rings. The lowest BCUT2D eigenvalue weighted by molar-refractivity contribution is 0.284. The molecule has 4 heteroatoms. The monoisotopic (exact) mass is 309 g/mol. The normalized spacial score (nSPS) is 16.0. The first kappa shape index (κ1) is 15.6. The Kier molecular flexibility index (Phi) is 5.27. The average Bonchev–Trinajstić information content (AvgIpc) is 2.64.